The van der Waals surface area contributed by atoms with Gasteiger partial charge in [0.05, 0.1) is 0 Å². The van der Waals surface area contributed by atoms with Crippen molar-refractivity contribution in [3.63, 3.8) is 0 Å². The highest BCUT2D eigenvalue weighted by Crippen LogP contribution is 2.59. The van der Waals surface area contributed by atoms with Crippen molar-refractivity contribution >= 4 is 11.3 Å². The zero-order valence-electron chi connectivity index (χ0n) is 24.5. The molecular weight excluding hydrogens is 555 g/mol. The Kier molecular flexibility index (Phi) is 6.32. The molecule has 0 amide bonds. The zero-order chi connectivity index (χ0) is 29.7. The van der Waals surface area contributed by atoms with Gasteiger partial charge in [-0.1, -0.05) is 153 Å². The lowest BCUT2D eigenvalue weighted by Crippen LogP contribution is -2.15. The normalized spacial score (nSPS) is 13.0. The Morgan fingerprint density at radius 3 is 1.39 bits per heavy atom. The summed E-state index contributed by atoms with van der Waals surface area (Å²) in [6.45, 7) is 4.72. The van der Waals surface area contributed by atoms with E-state index < -0.39 is 0 Å². The first-order chi connectivity index (χ1) is 21.6. The topological polar surface area (TPSA) is 38.7 Å². The lowest BCUT2D eigenvalue weighted by atomic mass is 9.81. The number of hydrogen-bond donors (Lipinski definition) is 0. The van der Waals surface area contributed by atoms with Gasteiger partial charge in [-0.05, 0) is 27.8 Å². The second-order valence-corrected chi connectivity index (χ2v) is 12.7. The number of hydrogen-bond acceptors (Lipinski definition) is 4. The van der Waals surface area contributed by atoms with Gasteiger partial charge in [-0.15, -0.1) is 11.3 Å². The highest BCUT2D eigenvalue weighted by Gasteiger charge is 2.41. The van der Waals surface area contributed by atoms with Gasteiger partial charge in [-0.3, -0.25) is 0 Å². The van der Waals surface area contributed by atoms with Crippen LogP contribution in [0.25, 0.3) is 66.2 Å². The van der Waals surface area contributed by atoms with E-state index >= 15 is 0 Å². The molecular formula is C40H29N3S. The predicted molar refractivity (Wildman–Crippen MR) is 182 cm³/mol. The summed E-state index contributed by atoms with van der Waals surface area (Å²) in [7, 11) is 0. The number of rotatable bonds is 5. The molecule has 4 heteroatoms. The first kappa shape index (κ1) is 26.4. The van der Waals surface area contributed by atoms with Crippen molar-refractivity contribution < 1.29 is 0 Å². The van der Waals surface area contributed by atoms with E-state index in [2.05, 4.69) is 92.7 Å². The van der Waals surface area contributed by atoms with Crippen molar-refractivity contribution in [2.45, 2.75) is 19.3 Å². The van der Waals surface area contributed by atoms with Crippen molar-refractivity contribution in [1.82, 2.24) is 15.0 Å². The molecule has 0 bridgehead atoms. The number of fused-ring (bicyclic) bond motifs is 3. The smallest absolute Gasteiger partial charge is 0.164 e. The summed E-state index contributed by atoms with van der Waals surface area (Å²) in [5.74, 6) is 2.00. The highest BCUT2D eigenvalue weighted by atomic mass is 32.1. The number of benzene rings is 5. The Bertz CT molecular complexity index is 2060. The molecule has 1 aliphatic carbocycles. The predicted octanol–water partition coefficient (Wildman–Crippen LogP) is 10.6. The molecule has 0 spiro atoms. The van der Waals surface area contributed by atoms with Gasteiger partial charge < -0.3 is 0 Å². The molecule has 8 rings (SSSR count). The Morgan fingerprint density at radius 2 is 0.841 bits per heavy atom. The molecule has 3 nitrogen and oxygen atoms in total. The average molecular weight is 584 g/mol. The summed E-state index contributed by atoms with van der Waals surface area (Å²) in [4.78, 5) is 17.4. The lowest BCUT2D eigenvalue weighted by molar-refractivity contribution is 0.664. The van der Waals surface area contributed by atoms with Crippen molar-refractivity contribution in [2.75, 3.05) is 0 Å². The second kappa shape index (κ2) is 10.5. The fraction of sp³-hybridized carbons (Fsp3) is 0.0750. The van der Waals surface area contributed by atoms with Crippen molar-refractivity contribution in [2.24, 2.45) is 0 Å². The van der Waals surface area contributed by atoms with Crippen LogP contribution in [-0.4, -0.2) is 15.0 Å². The van der Waals surface area contributed by atoms with Gasteiger partial charge in [0.25, 0.3) is 0 Å². The van der Waals surface area contributed by atoms with Crippen LogP contribution in [0, 0.1) is 0 Å². The third-order valence-electron chi connectivity index (χ3n) is 8.54. The van der Waals surface area contributed by atoms with Gasteiger partial charge in [-0.2, -0.15) is 0 Å². The molecule has 0 aliphatic heterocycles. The van der Waals surface area contributed by atoms with Crippen LogP contribution in [0.5, 0.6) is 0 Å². The molecule has 0 N–H and O–H groups in total. The van der Waals surface area contributed by atoms with E-state index in [0.29, 0.717) is 17.5 Å². The Hall–Kier alpha value is -5.19. The maximum absolute atomic E-state index is 4.93. The van der Waals surface area contributed by atoms with Crippen LogP contribution in [0.2, 0.25) is 0 Å². The van der Waals surface area contributed by atoms with Gasteiger partial charge in [0.1, 0.15) is 0 Å². The number of aromatic nitrogens is 3. The van der Waals surface area contributed by atoms with Gasteiger partial charge in [0.2, 0.25) is 0 Å². The van der Waals surface area contributed by atoms with Crippen LogP contribution in [-0.2, 0) is 5.41 Å². The van der Waals surface area contributed by atoms with Gasteiger partial charge >= 0.3 is 0 Å². The first-order valence-electron chi connectivity index (χ1n) is 14.9. The van der Waals surface area contributed by atoms with Crippen LogP contribution in [0.3, 0.4) is 0 Å². The summed E-state index contributed by atoms with van der Waals surface area (Å²) in [6.07, 6.45) is 0. The number of nitrogens with zero attached hydrogens (tertiary/aromatic N) is 3. The minimum Gasteiger partial charge on any atom is -0.208 e. The molecule has 5 aromatic carbocycles. The molecule has 0 radical (unpaired) electrons. The quantitative estimate of drug-likeness (QED) is 0.202. The molecule has 44 heavy (non-hydrogen) atoms. The zero-order valence-corrected chi connectivity index (χ0v) is 25.3. The molecule has 7 aromatic rings. The van der Waals surface area contributed by atoms with Crippen LogP contribution in [0.1, 0.15) is 25.0 Å². The minimum atomic E-state index is -0.0850. The molecule has 0 saturated heterocycles. The monoisotopic (exact) mass is 583 g/mol. The van der Waals surface area contributed by atoms with E-state index in [1.165, 1.54) is 43.1 Å². The Labute approximate surface area is 261 Å². The molecule has 1 aliphatic rings. The van der Waals surface area contributed by atoms with Crippen LogP contribution in [0.4, 0.5) is 0 Å². The summed E-state index contributed by atoms with van der Waals surface area (Å²) < 4.78 is 0. The van der Waals surface area contributed by atoms with E-state index in [-0.39, 0.29) is 5.41 Å². The highest BCUT2D eigenvalue weighted by molar-refractivity contribution is 7.19. The van der Waals surface area contributed by atoms with E-state index in [4.69, 9.17) is 15.0 Å². The van der Waals surface area contributed by atoms with Gasteiger partial charge in [0.15, 0.2) is 17.5 Å². The van der Waals surface area contributed by atoms with Crippen LogP contribution < -0.4 is 0 Å². The minimum absolute atomic E-state index is 0.0850. The molecule has 0 saturated carbocycles. The van der Waals surface area contributed by atoms with Gasteiger partial charge in [-0.25, -0.2) is 15.0 Å². The Balaban J connectivity index is 1.27. The second-order valence-electron chi connectivity index (χ2n) is 11.7. The largest absolute Gasteiger partial charge is 0.208 e. The molecule has 0 fully saturated rings. The standard InChI is InChI=1S/C40H29N3S/c1-40(2)32-21-13-12-20-31(32)33-34(40)36(26-14-6-3-7-15-26)44-35(33)27-22-24-30(25-23-27)39-42-37(28-16-8-4-9-17-28)41-38(43-39)29-18-10-5-11-19-29/h3-25H,1-2H3. The van der Waals surface area contributed by atoms with Crippen molar-refractivity contribution in [3.8, 4) is 66.2 Å². The van der Waals surface area contributed by atoms with E-state index in [1.54, 1.807) is 0 Å². The SMILES string of the molecule is CC1(C)c2ccccc2-c2c(-c3ccc(-c4nc(-c5ccccc5)nc(-c5ccccc5)n4)cc3)sc(-c3ccccc3)c21. The van der Waals surface area contributed by atoms with E-state index in [1.807, 2.05) is 72.0 Å². The summed E-state index contributed by atoms with van der Waals surface area (Å²) in [5.41, 5.74) is 10.8. The third-order valence-corrected chi connectivity index (χ3v) is 9.83. The van der Waals surface area contributed by atoms with Gasteiger partial charge in [0, 0.05) is 37.4 Å². The number of thiophene rings is 1. The van der Waals surface area contributed by atoms with E-state index in [0.717, 1.165) is 16.7 Å². The molecule has 0 unspecified atom stereocenters. The lowest BCUT2D eigenvalue weighted by Gasteiger charge is -2.22. The maximum Gasteiger partial charge on any atom is 0.164 e. The fourth-order valence-electron chi connectivity index (χ4n) is 6.37. The maximum atomic E-state index is 4.93. The third kappa shape index (κ3) is 4.38. The summed E-state index contributed by atoms with van der Waals surface area (Å²) in [5, 5.41) is 0. The van der Waals surface area contributed by atoms with Crippen LogP contribution in [0.15, 0.2) is 140 Å². The van der Waals surface area contributed by atoms with Crippen LogP contribution >= 0.6 is 11.3 Å². The van der Waals surface area contributed by atoms with Crippen molar-refractivity contribution in [3.05, 3.63) is 151 Å². The fourth-order valence-corrected chi connectivity index (χ4v) is 7.86. The molecule has 210 valence electrons. The van der Waals surface area contributed by atoms with E-state index in [9.17, 15) is 0 Å². The first-order valence-corrected chi connectivity index (χ1v) is 15.7. The Morgan fingerprint density at radius 1 is 0.432 bits per heavy atom. The molecule has 2 heterocycles. The molecule has 0 atom stereocenters. The average Bonchev–Trinajstić information content (AvgIpc) is 3.61. The van der Waals surface area contributed by atoms with Crippen molar-refractivity contribution in [1.29, 1.82) is 0 Å². The summed E-state index contributed by atoms with van der Waals surface area (Å²) >= 11 is 1.89. The molecule has 2 aromatic heterocycles. The summed E-state index contributed by atoms with van der Waals surface area (Å²) in [6, 6.07) is 48.7.